The fourth-order valence-electron chi connectivity index (χ4n) is 3.98. The Morgan fingerprint density at radius 1 is 1.10 bits per heavy atom. The van der Waals surface area contributed by atoms with Crippen molar-refractivity contribution in [1.82, 2.24) is 4.90 Å². The van der Waals surface area contributed by atoms with Gasteiger partial charge < -0.3 is 5.11 Å². The summed E-state index contributed by atoms with van der Waals surface area (Å²) in [4.78, 5) is 13.9. The van der Waals surface area contributed by atoms with E-state index < -0.39 is 5.97 Å². The normalized spacial score (nSPS) is 27.9. The summed E-state index contributed by atoms with van der Waals surface area (Å²) in [5.74, 6) is -1.38. The van der Waals surface area contributed by atoms with Crippen molar-refractivity contribution in [2.75, 3.05) is 6.54 Å². The monoisotopic (exact) mass is 291 g/mol. The van der Waals surface area contributed by atoms with E-state index >= 15 is 0 Å². The molecule has 1 aromatic rings. The maximum atomic E-state index is 13.2. The van der Waals surface area contributed by atoms with Gasteiger partial charge in [-0.2, -0.15) is 0 Å². The lowest BCUT2D eigenvalue weighted by atomic mass is 9.90. The summed E-state index contributed by atoms with van der Waals surface area (Å²) < 4.78 is 13.2. The van der Waals surface area contributed by atoms with Crippen molar-refractivity contribution in [1.29, 1.82) is 0 Å². The molecule has 1 heterocycles. The zero-order valence-corrected chi connectivity index (χ0v) is 12.2. The average molecular weight is 291 g/mol. The van der Waals surface area contributed by atoms with Crippen LogP contribution in [0.15, 0.2) is 24.3 Å². The lowest BCUT2D eigenvalue weighted by Crippen LogP contribution is -2.38. The summed E-state index contributed by atoms with van der Waals surface area (Å²) in [7, 11) is 0. The summed E-state index contributed by atoms with van der Waals surface area (Å²) in [5, 5.41) is 9.51. The summed E-state index contributed by atoms with van der Waals surface area (Å²) in [6, 6.07) is 6.75. The molecule has 0 bridgehead atoms. The second-order valence-corrected chi connectivity index (χ2v) is 6.26. The van der Waals surface area contributed by atoms with Crippen molar-refractivity contribution >= 4 is 5.97 Å². The first-order valence-electron chi connectivity index (χ1n) is 7.91. The van der Waals surface area contributed by atoms with Gasteiger partial charge in [0.2, 0.25) is 0 Å². The van der Waals surface area contributed by atoms with Crippen LogP contribution in [0, 0.1) is 11.7 Å². The van der Waals surface area contributed by atoms with E-state index in [0.717, 1.165) is 24.9 Å². The Balaban J connectivity index is 1.88. The van der Waals surface area contributed by atoms with E-state index in [1.54, 1.807) is 12.1 Å². The first-order valence-corrected chi connectivity index (χ1v) is 7.91. The van der Waals surface area contributed by atoms with Gasteiger partial charge in [-0.1, -0.05) is 31.4 Å². The third-order valence-corrected chi connectivity index (χ3v) is 5.01. The van der Waals surface area contributed by atoms with E-state index in [9.17, 15) is 14.3 Å². The molecule has 0 spiro atoms. The smallest absolute Gasteiger partial charge is 0.308 e. The number of carbonyl (C=O) groups is 1. The van der Waals surface area contributed by atoms with Crippen LogP contribution in [0.4, 0.5) is 4.39 Å². The first kappa shape index (κ1) is 14.5. The number of aliphatic carboxylic acids is 1. The van der Waals surface area contributed by atoms with Crippen LogP contribution in [0.2, 0.25) is 0 Å². The molecule has 2 atom stereocenters. The van der Waals surface area contributed by atoms with Crippen molar-refractivity contribution in [3.8, 4) is 0 Å². The lowest BCUT2D eigenvalue weighted by Gasteiger charge is -2.36. The highest BCUT2D eigenvalue weighted by Crippen LogP contribution is 2.41. The number of benzene rings is 1. The highest BCUT2D eigenvalue weighted by atomic mass is 19.1. The fraction of sp³-hybridized carbons (Fsp3) is 0.588. The maximum absolute atomic E-state index is 13.2. The Bertz CT molecular complexity index is 496. The number of halogens is 1. The molecule has 1 saturated heterocycles. The summed E-state index contributed by atoms with van der Waals surface area (Å²) in [6.45, 7) is 0.837. The number of carboxylic acids is 1. The Morgan fingerprint density at radius 3 is 2.38 bits per heavy atom. The quantitative estimate of drug-likeness (QED) is 0.925. The topological polar surface area (TPSA) is 40.5 Å². The van der Waals surface area contributed by atoms with Crippen LogP contribution in [0.1, 0.15) is 50.1 Å². The van der Waals surface area contributed by atoms with Crippen LogP contribution in [0.3, 0.4) is 0 Å². The molecule has 1 aromatic carbocycles. The summed E-state index contributed by atoms with van der Waals surface area (Å²) in [5.41, 5.74) is 0.937. The molecule has 4 heteroatoms. The predicted molar refractivity (Wildman–Crippen MR) is 78.5 cm³/mol. The Labute approximate surface area is 124 Å². The highest BCUT2D eigenvalue weighted by Gasteiger charge is 2.42. The summed E-state index contributed by atoms with van der Waals surface area (Å²) in [6.07, 6.45) is 6.75. The number of hydrogen-bond acceptors (Lipinski definition) is 2. The molecule has 3 nitrogen and oxygen atoms in total. The molecule has 1 aliphatic heterocycles. The highest BCUT2D eigenvalue weighted by molar-refractivity contribution is 5.71. The molecular formula is C17H22FNO2. The minimum atomic E-state index is -0.734. The molecule has 114 valence electrons. The maximum Gasteiger partial charge on any atom is 0.308 e. The number of carboxylic acid groups (broad SMARTS) is 1. The Kier molecular flexibility index (Phi) is 4.24. The first-order chi connectivity index (χ1) is 10.2. The molecule has 0 amide bonds. The van der Waals surface area contributed by atoms with Crippen LogP contribution in [-0.2, 0) is 4.79 Å². The number of hydrogen-bond donors (Lipinski definition) is 1. The van der Waals surface area contributed by atoms with Crippen LogP contribution >= 0.6 is 0 Å². The fourth-order valence-corrected chi connectivity index (χ4v) is 3.98. The van der Waals surface area contributed by atoms with Gasteiger partial charge in [-0.15, -0.1) is 0 Å². The van der Waals surface area contributed by atoms with Crippen molar-refractivity contribution < 1.29 is 14.3 Å². The molecule has 1 N–H and O–H groups in total. The van der Waals surface area contributed by atoms with E-state index in [0.29, 0.717) is 12.5 Å². The Hall–Kier alpha value is -1.42. The standard InChI is InChI=1S/C17H22FNO2/c18-13-8-6-12(7-9-13)16-15(17(20)21)10-11-19(16)14-4-2-1-3-5-14/h6-9,14-16H,1-5,10-11H2,(H,20,21). The van der Waals surface area contributed by atoms with Crippen LogP contribution in [0.5, 0.6) is 0 Å². The second kappa shape index (κ2) is 6.14. The molecular weight excluding hydrogens is 269 g/mol. The van der Waals surface area contributed by atoms with E-state index in [1.807, 2.05) is 0 Å². The van der Waals surface area contributed by atoms with Gasteiger partial charge >= 0.3 is 5.97 Å². The van der Waals surface area contributed by atoms with Crippen molar-refractivity contribution in [3.05, 3.63) is 35.6 Å². The zero-order chi connectivity index (χ0) is 14.8. The third kappa shape index (κ3) is 2.95. The molecule has 1 saturated carbocycles. The SMILES string of the molecule is O=C(O)C1CCN(C2CCCCC2)C1c1ccc(F)cc1. The Morgan fingerprint density at radius 2 is 1.76 bits per heavy atom. The zero-order valence-electron chi connectivity index (χ0n) is 12.2. The van der Waals surface area contributed by atoms with Gasteiger partial charge in [0.1, 0.15) is 5.82 Å². The van der Waals surface area contributed by atoms with Crippen molar-refractivity contribution in [3.63, 3.8) is 0 Å². The molecule has 2 fully saturated rings. The minimum Gasteiger partial charge on any atom is -0.481 e. The molecule has 2 aliphatic rings. The van der Waals surface area contributed by atoms with Crippen LogP contribution in [0.25, 0.3) is 0 Å². The van der Waals surface area contributed by atoms with Gasteiger partial charge in [0.15, 0.2) is 0 Å². The van der Waals surface area contributed by atoms with Gasteiger partial charge in [0, 0.05) is 12.1 Å². The summed E-state index contributed by atoms with van der Waals surface area (Å²) >= 11 is 0. The average Bonchev–Trinajstić information content (AvgIpc) is 2.94. The number of nitrogens with zero attached hydrogens (tertiary/aromatic N) is 1. The van der Waals surface area contributed by atoms with Crippen molar-refractivity contribution in [2.24, 2.45) is 5.92 Å². The molecule has 0 aromatic heterocycles. The van der Waals surface area contributed by atoms with E-state index in [1.165, 1.54) is 31.4 Å². The van der Waals surface area contributed by atoms with Gasteiger partial charge in [-0.25, -0.2) is 4.39 Å². The second-order valence-electron chi connectivity index (χ2n) is 6.26. The van der Waals surface area contributed by atoms with Gasteiger partial charge in [0.25, 0.3) is 0 Å². The predicted octanol–water partition coefficient (Wildman–Crippen LogP) is 3.61. The number of rotatable bonds is 3. The van der Waals surface area contributed by atoms with Crippen LogP contribution in [-0.4, -0.2) is 28.6 Å². The van der Waals surface area contributed by atoms with E-state index in [2.05, 4.69) is 4.90 Å². The van der Waals surface area contributed by atoms with Gasteiger partial charge in [-0.05, 0) is 43.5 Å². The molecule has 2 unspecified atom stereocenters. The third-order valence-electron chi connectivity index (χ3n) is 5.01. The van der Waals surface area contributed by atoms with Crippen molar-refractivity contribution in [2.45, 2.75) is 50.6 Å². The number of likely N-dealkylation sites (tertiary alicyclic amines) is 1. The van der Waals surface area contributed by atoms with Crippen LogP contribution < -0.4 is 0 Å². The molecule has 3 rings (SSSR count). The van der Waals surface area contributed by atoms with Gasteiger partial charge in [0.05, 0.1) is 5.92 Å². The molecule has 0 radical (unpaired) electrons. The van der Waals surface area contributed by atoms with E-state index in [4.69, 9.17) is 0 Å². The largest absolute Gasteiger partial charge is 0.481 e. The van der Waals surface area contributed by atoms with Gasteiger partial charge in [-0.3, -0.25) is 9.69 Å². The van der Waals surface area contributed by atoms with E-state index in [-0.39, 0.29) is 17.8 Å². The molecule has 21 heavy (non-hydrogen) atoms. The molecule has 1 aliphatic carbocycles. The lowest BCUT2D eigenvalue weighted by molar-refractivity contribution is -0.142. The minimum absolute atomic E-state index is 0.105.